The van der Waals surface area contributed by atoms with Crippen molar-refractivity contribution in [1.29, 1.82) is 0 Å². The van der Waals surface area contributed by atoms with Crippen LogP contribution in [0, 0.1) is 3.57 Å². The zero-order chi connectivity index (χ0) is 19.7. The second-order valence-corrected chi connectivity index (χ2v) is 9.57. The van der Waals surface area contributed by atoms with Crippen molar-refractivity contribution in [2.75, 3.05) is 5.01 Å². The monoisotopic (exact) mass is 480 g/mol. The highest BCUT2D eigenvalue weighted by molar-refractivity contribution is 14.1. The van der Waals surface area contributed by atoms with Crippen LogP contribution in [-0.2, 0) is 5.41 Å². The fourth-order valence-electron chi connectivity index (χ4n) is 3.61. The van der Waals surface area contributed by atoms with E-state index in [9.17, 15) is 0 Å². The summed E-state index contributed by atoms with van der Waals surface area (Å²) < 4.78 is 1.24. The highest BCUT2D eigenvalue weighted by Gasteiger charge is 2.30. The maximum absolute atomic E-state index is 5.03. The Balaban J connectivity index is 1.70. The molecule has 1 unspecified atom stereocenters. The van der Waals surface area contributed by atoms with Crippen molar-refractivity contribution in [2.24, 2.45) is 5.10 Å². The van der Waals surface area contributed by atoms with Crippen LogP contribution < -0.4 is 5.01 Å². The molecule has 142 valence electrons. The van der Waals surface area contributed by atoms with Crippen LogP contribution in [0.25, 0.3) is 0 Å². The van der Waals surface area contributed by atoms with Gasteiger partial charge in [0.2, 0.25) is 0 Å². The van der Waals surface area contributed by atoms with Crippen molar-refractivity contribution in [1.82, 2.24) is 0 Å². The number of para-hydroxylation sites is 1. The van der Waals surface area contributed by atoms with Gasteiger partial charge < -0.3 is 0 Å². The predicted molar refractivity (Wildman–Crippen MR) is 127 cm³/mol. The molecular weight excluding hydrogens is 455 g/mol. The van der Waals surface area contributed by atoms with Crippen LogP contribution in [0.3, 0.4) is 0 Å². The minimum atomic E-state index is 0.163. The fourth-order valence-corrected chi connectivity index (χ4v) is 3.97. The number of anilines is 1. The SMILES string of the molecule is CC(C)(C)c1ccc(C2CC(c3ccc(I)cc3)=NN2c2ccccc2)cc1. The van der Waals surface area contributed by atoms with Crippen LogP contribution in [-0.4, -0.2) is 5.71 Å². The van der Waals surface area contributed by atoms with Crippen LogP contribution in [0.15, 0.2) is 84.0 Å². The van der Waals surface area contributed by atoms with E-state index in [2.05, 4.69) is 127 Å². The topological polar surface area (TPSA) is 15.6 Å². The number of hydrogen-bond acceptors (Lipinski definition) is 2. The third-order valence-electron chi connectivity index (χ3n) is 5.27. The maximum Gasteiger partial charge on any atom is 0.0831 e. The summed E-state index contributed by atoms with van der Waals surface area (Å²) in [5, 5.41) is 7.21. The van der Waals surface area contributed by atoms with Gasteiger partial charge in [0.15, 0.2) is 0 Å². The lowest BCUT2D eigenvalue weighted by atomic mass is 9.86. The highest BCUT2D eigenvalue weighted by atomic mass is 127. The Morgan fingerprint density at radius 2 is 1.50 bits per heavy atom. The van der Waals surface area contributed by atoms with Crippen molar-refractivity contribution in [3.63, 3.8) is 0 Å². The number of halogens is 1. The summed E-state index contributed by atoms with van der Waals surface area (Å²) >= 11 is 2.35. The lowest BCUT2D eigenvalue weighted by Crippen LogP contribution is -2.19. The minimum absolute atomic E-state index is 0.163. The first kappa shape index (κ1) is 19.2. The van der Waals surface area contributed by atoms with E-state index in [1.54, 1.807) is 0 Å². The van der Waals surface area contributed by atoms with Crippen LogP contribution in [0.5, 0.6) is 0 Å². The lowest BCUT2D eigenvalue weighted by molar-refractivity contribution is 0.589. The van der Waals surface area contributed by atoms with E-state index >= 15 is 0 Å². The van der Waals surface area contributed by atoms with Gasteiger partial charge in [-0.1, -0.05) is 75.4 Å². The summed E-state index contributed by atoms with van der Waals surface area (Å²) in [5.74, 6) is 0. The number of hydrogen-bond donors (Lipinski definition) is 0. The molecule has 0 N–H and O–H groups in total. The van der Waals surface area contributed by atoms with Gasteiger partial charge in [0.1, 0.15) is 0 Å². The molecular formula is C25H25IN2. The van der Waals surface area contributed by atoms with Crippen molar-refractivity contribution >= 4 is 34.0 Å². The van der Waals surface area contributed by atoms with E-state index in [0.29, 0.717) is 0 Å². The summed E-state index contributed by atoms with van der Waals surface area (Å²) in [5.41, 5.74) is 6.31. The number of nitrogens with zero attached hydrogens (tertiary/aromatic N) is 2. The quantitative estimate of drug-likeness (QED) is 0.371. The third kappa shape index (κ3) is 4.00. The molecule has 0 bridgehead atoms. The molecule has 1 heterocycles. The maximum atomic E-state index is 5.03. The number of hydrazone groups is 1. The Hall–Kier alpha value is -2.14. The second kappa shape index (κ2) is 7.70. The Morgan fingerprint density at radius 3 is 2.11 bits per heavy atom. The highest BCUT2D eigenvalue weighted by Crippen LogP contribution is 2.37. The first-order valence-electron chi connectivity index (χ1n) is 9.70. The summed E-state index contributed by atoms with van der Waals surface area (Å²) in [4.78, 5) is 0. The summed E-state index contributed by atoms with van der Waals surface area (Å²) in [6.07, 6.45) is 0.907. The summed E-state index contributed by atoms with van der Waals surface area (Å²) in [6, 6.07) is 28.4. The predicted octanol–water partition coefficient (Wildman–Crippen LogP) is 6.94. The van der Waals surface area contributed by atoms with Gasteiger partial charge in [-0.05, 0) is 69.0 Å². The normalized spacial score (nSPS) is 16.9. The molecule has 3 heteroatoms. The van der Waals surface area contributed by atoms with E-state index < -0.39 is 0 Å². The van der Waals surface area contributed by atoms with E-state index in [-0.39, 0.29) is 11.5 Å². The first-order chi connectivity index (χ1) is 13.4. The molecule has 0 aliphatic carbocycles. The Morgan fingerprint density at radius 1 is 0.857 bits per heavy atom. The second-order valence-electron chi connectivity index (χ2n) is 8.33. The van der Waals surface area contributed by atoms with Gasteiger partial charge in [-0.25, -0.2) is 0 Å². The molecule has 2 nitrogen and oxygen atoms in total. The van der Waals surface area contributed by atoms with Crippen LogP contribution in [0.4, 0.5) is 5.69 Å². The van der Waals surface area contributed by atoms with Crippen molar-refractivity contribution < 1.29 is 0 Å². The van der Waals surface area contributed by atoms with Gasteiger partial charge >= 0.3 is 0 Å². The fraction of sp³-hybridized carbons (Fsp3) is 0.240. The zero-order valence-corrected chi connectivity index (χ0v) is 18.7. The largest absolute Gasteiger partial charge is 0.257 e. The molecule has 0 saturated carbocycles. The van der Waals surface area contributed by atoms with Crippen LogP contribution in [0.1, 0.15) is 49.9 Å². The Kier molecular flexibility index (Phi) is 5.28. The first-order valence-corrected chi connectivity index (χ1v) is 10.8. The molecule has 3 aromatic rings. The van der Waals surface area contributed by atoms with Gasteiger partial charge in [0.05, 0.1) is 17.4 Å². The Bertz CT molecular complexity index is 968. The van der Waals surface area contributed by atoms with Crippen molar-refractivity contribution in [2.45, 2.75) is 38.6 Å². The number of benzene rings is 3. The van der Waals surface area contributed by atoms with E-state index in [0.717, 1.165) is 17.8 Å². The van der Waals surface area contributed by atoms with Gasteiger partial charge in [-0.15, -0.1) is 0 Å². The molecule has 3 aromatic carbocycles. The smallest absolute Gasteiger partial charge is 0.0831 e. The molecule has 0 saturated heterocycles. The van der Waals surface area contributed by atoms with Crippen molar-refractivity contribution in [3.8, 4) is 0 Å². The number of rotatable bonds is 3. The Labute approximate surface area is 181 Å². The average molecular weight is 480 g/mol. The van der Waals surface area contributed by atoms with E-state index in [1.165, 1.54) is 20.3 Å². The standard InChI is InChI=1S/C25H25IN2/c1-25(2,3)20-13-9-19(10-14-20)24-17-23(18-11-15-21(26)16-12-18)27-28(24)22-7-5-4-6-8-22/h4-16,24H,17H2,1-3H3. The van der Waals surface area contributed by atoms with Gasteiger partial charge in [-0.2, -0.15) is 5.10 Å². The molecule has 0 aromatic heterocycles. The molecule has 4 rings (SSSR count). The average Bonchev–Trinajstić information content (AvgIpc) is 3.14. The molecule has 28 heavy (non-hydrogen) atoms. The minimum Gasteiger partial charge on any atom is -0.257 e. The van der Waals surface area contributed by atoms with E-state index in [4.69, 9.17) is 5.10 Å². The zero-order valence-electron chi connectivity index (χ0n) is 16.6. The van der Waals surface area contributed by atoms with Gasteiger partial charge in [-0.3, -0.25) is 5.01 Å². The molecule has 0 fully saturated rings. The molecule has 1 aliphatic heterocycles. The van der Waals surface area contributed by atoms with Gasteiger partial charge in [0.25, 0.3) is 0 Å². The third-order valence-corrected chi connectivity index (χ3v) is 5.99. The summed E-state index contributed by atoms with van der Waals surface area (Å²) in [7, 11) is 0. The van der Waals surface area contributed by atoms with Crippen molar-refractivity contribution in [3.05, 3.63) is 99.1 Å². The molecule has 0 spiro atoms. The van der Waals surface area contributed by atoms with E-state index in [1.807, 2.05) is 0 Å². The van der Waals surface area contributed by atoms with Gasteiger partial charge in [0, 0.05) is 9.99 Å². The van der Waals surface area contributed by atoms with Crippen LogP contribution >= 0.6 is 22.6 Å². The lowest BCUT2D eigenvalue weighted by Gasteiger charge is -2.25. The summed E-state index contributed by atoms with van der Waals surface area (Å²) in [6.45, 7) is 6.77. The molecule has 1 atom stereocenters. The molecule has 1 aliphatic rings. The van der Waals surface area contributed by atoms with Crippen LogP contribution in [0.2, 0.25) is 0 Å². The molecule has 0 radical (unpaired) electrons. The molecule has 0 amide bonds.